The number of carbonyl (C=O) groups is 1. The highest BCUT2D eigenvalue weighted by Crippen LogP contribution is 2.34. The minimum absolute atomic E-state index is 0.0113. The van der Waals surface area contributed by atoms with Crippen LogP contribution in [0, 0.1) is 12.3 Å². The van der Waals surface area contributed by atoms with Crippen LogP contribution >= 0.6 is 0 Å². The van der Waals surface area contributed by atoms with Gasteiger partial charge in [-0.05, 0) is 23.5 Å². The van der Waals surface area contributed by atoms with Crippen LogP contribution in [0.5, 0.6) is 0 Å². The molecule has 1 aromatic heterocycles. The summed E-state index contributed by atoms with van der Waals surface area (Å²) in [6.45, 7) is 8.17. The second-order valence-corrected chi connectivity index (χ2v) is 6.16. The summed E-state index contributed by atoms with van der Waals surface area (Å²) >= 11 is 0. The van der Waals surface area contributed by atoms with Crippen LogP contribution in [0.1, 0.15) is 48.6 Å². The Balaban J connectivity index is 2.32. The summed E-state index contributed by atoms with van der Waals surface area (Å²) in [6, 6.07) is 7.73. The van der Waals surface area contributed by atoms with E-state index in [2.05, 4.69) is 41.3 Å². The fourth-order valence-electron chi connectivity index (χ4n) is 2.25. The Bertz CT molecular complexity index is 694. The van der Waals surface area contributed by atoms with E-state index < -0.39 is 11.6 Å². The molecule has 0 fully saturated rings. The molecule has 1 amide bonds. The van der Waals surface area contributed by atoms with Gasteiger partial charge in [-0.25, -0.2) is 9.89 Å². The number of amides is 1. The first-order chi connectivity index (χ1) is 9.79. The molecule has 0 saturated heterocycles. The van der Waals surface area contributed by atoms with Gasteiger partial charge in [-0.15, -0.1) is 5.10 Å². The van der Waals surface area contributed by atoms with Crippen molar-refractivity contribution >= 4 is 5.91 Å². The molecule has 0 bridgehead atoms. The van der Waals surface area contributed by atoms with Crippen LogP contribution in [-0.4, -0.2) is 21.1 Å². The molecule has 0 saturated carbocycles. The van der Waals surface area contributed by atoms with Crippen molar-refractivity contribution in [3.8, 4) is 0 Å². The number of benzene rings is 1. The lowest BCUT2D eigenvalue weighted by Gasteiger charge is -2.32. The third-order valence-electron chi connectivity index (χ3n) is 3.36. The number of H-pyrrole nitrogens is 2. The molecule has 2 rings (SSSR count). The van der Waals surface area contributed by atoms with Crippen LogP contribution < -0.4 is 11.0 Å². The van der Waals surface area contributed by atoms with Crippen molar-refractivity contribution in [2.75, 3.05) is 0 Å². The summed E-state index contributed by atoms with van der Waals surface area (Å²) in [6.07, 6.45) is 0. The normalized spacial score (nSPS) is 13.0. The van der Waals surface area contributed by atoms with Crippen molar-refractivity contribution < 1.29 is 4.79 Å². The third-order valence-corrected chi connectivity index (χ3v) is 3.36. The Morgan fingerprint density at radius 3 is 2.48 bits per heavy atom. The highest BCUT2D eigenvalue weighted by Gasteiger charge is 2.29. The topological polar surface area (TPSA) is 90.6 Å². The van der Waals surface area contributed by atoms with Gasteiger partial charge in [0, 0.05) is 0 Å². The molecule has 1 aromatic carbocycles. The molecular weight excluding hydrogens is 268 g/mol. The van der Waals surface area contributed by atoms with Crippen LogP contribution in [0.15, 0.2) is 29.1 Å². The van der Waals surface area contributed by atoms with E-state index in [0.717, 1.165) is 11.1 Å². The molecular formula is C15H20N4O2. The number of hydrogen-bond donors (Lipinski definition) is 3. The zero-order chi connectivity index (χ0) is 15.6. The van der Waals surface area contributed by atoms with Crippen molar-refractivity contribution in [3.63, 3.8) is 0 Å². The van der Waals surface area contributed by atoms with Crippen LogP contribution in [-0.2, 0) is 0 Å². The molecule has 0 spiro atoms. The van der Waals surface area contributed by atoms with E-state index in [1.54, 1.807) is 0 Å². The van der Waals surface area contributed by atoms with Gasteiger partial charge in [0.2, 0.25) is 5.82 Å². The van der Waals surface area contributed by atoms with Crippen molar-refractivity contribution in [3.05, 3.63) is 51.7 Å². The van der Waals surface area contributed by atoms with Gasteiger partial charge in [0.25, 0.3) is 5.91 Å². The Morgan fingerprint density at radius 2 is 1.95 bits per heavy atom. The Hall–Kier alpha value is -2.37. The molecule has 1 atom stereocenters. The molecule has 0 unspecified atom stereocenters. The lowest BCUT2D eigenvalue weighted by atomic mass is 9.81. The minimum Gasteiger partial charge on any atom is -0.342 e. The summed E-state index contributed by atoms with van der Waals surface area (Å²) in [7, 11) is 0. The molecule has 112 valence electrons. The molecule has 2 aromatic rings. The standard InChI is InChI=1S/C15H20N4O2/c1-9-7-5-6-8-10(9)11(15(2,3)4)16-13(20)12-17-14(21)19-18-12/h5-8,11H,1-4H3,(H,16,20)(H2,17,18,19,21)/t11-/m1/s1. The number of nitrogens with zero attached hydrogens (tertiary/aromatic N) is 1. The Kier molecular flexibility index (Phi) is 3.97. The molecule has 6 heteroatoms. The van der Waals surface area contributed by atoms with Gasteiger partial charge in [0.1, 0.15) is 0 Å². The maximum absolute atomic E-state index is 12.2. The second-order valence-electron chi connectivity index (χ2n) is 6.16. The van der Waals surface area contributed by atoms with Gasteiger partial charge >= 0.3 is 5.69 Å². The summed E-state index contributed by atoms with van der Waals surface area (Å²) in [5, 5.41) is 8.80. The molecule has 0 aliphatic heterocycles. The molecule has 1 heterocycles. The molecule has 0 aliphatic rings. The van der Waals surface area contributed by atoms with E-state index >= 15 is 0 Å². The van der Waals surface area contributed by atoms with Crippen LogP contribution in [0.2, 0.25) is 0 Å². The molecule has 0 aliphatic carbocycles. The predicted molar refractivity (Wildman–Crippen MR) is 80.0 cm³/mol. The quantitative estimate of drug-likeness (QED) is 0.806. The number of aryl methyl sites for hydroxylation is 1. The monoisotopic (exact) mass is 288 g/mol. The predicted octanol–water partition coefficient (Wildman–Crippen LogP) is 1.92. The maximum Gasteiger partial charge on any atom is 0.341 e. The SMILES string of the molecule is Cc1ccccc1[C@@H](NC(=O)c1n[nH]c(=O)[nH]1)C(C)(C)C. The zero-order valence-corrected chi connectivity index (χ0v) is 12.7. The van der Waals surface area contributed by atoms with Crippen molar-refractivity contribution in [1.29, 1.82) is 0 Å². The van der Waals surface area contributed by atoms with E-state index in [4.69, 9.17) is 0 Å². The molecule has 21 heavy (non-hydrogen) atoms. The lowest BCUT2D eigenvalue weighted by molar-refractivity contribution is 0.0891. The third kappa shape index (κ3) is 3.39. The number of hydrogen-bond acceptors (Lipinski definition) is 3. The summed E-state index contributed by atoms with van der Waals surface area (Å²) in [4.78, 5) is 25.6. The average Bonchev–Trinajstić information content (AvgIpc) is 2.82. The first-order valence-corrected chi connectivity index (χ1v) is 6.80. The minimum atomic E-state index is -0.497. The summed E-state index contributed by atoms with van der Waals surface area (Å²) in [5.74, 6) is -0.417. The lowest BCUT2D eigenvalue weighted by Crippen LogP contribution is -2.37. The summed E-state index contributed by atoms with van der Waals surface area (Å²) in [5.41, 5.74) is 1.48. The van der Waals surface area contributed by atoms with Gasteiger partial charge in [-0.3, -0.25) is 9.78 Å². The van der Waals surface area contributed by atoms with Crippen LogP contribution in [0.4, 0.5) is 0 Å². The van der Waals surface area contributed by atoms with E-state index in [-0.39, 0.29) is 17.3 Å². The summed E-state index contributed by atoms with van der Waals surface area (Å²) < 4.78 is 0. The van der Waals surface area contributed by atoms with Gasteiger partial charge < -0.3 is 5.32 Å². The molecule has 6 nitrogen and oxygen atoms in total. The Labute approximate surface area is 123 Å². The van der Waals surface area contributed by atoms with E-state index in [9.17, 15) is 9.59 Å². The number of carbonyl (C=O) groups excluding carboxylic acids is 1. The highest BCUT2D eigenvalue weighted by atomic mass is 16.2. The van der Waals surface area contributed by atoms with E-state index in [0.29, 0.717) is 0 Å². The largest absolute Gasteiger partial charge is 0.342 e. The van der Waals surface area contributed by atoms with Crippen molar-refractivity contribution in [1.82, 2.24) is 20.5 Å². The number of aromatic nitrogens is 3. The fraction of sp³-hybridized carbons (Fsp3) is 0.400. The van der Waals surface area contributed by atoms with Crippen LogP contribution in [0.3, 0.4) is 0 Å². The maximum atomic E-state index is 12.2. The van der Waals surface area contributed by atoms with Gasteiger partial charge in [0.15, 0.2) is 0 Å². The number of aromatic amines is 2. The van der Waals surface area contributed by atoms with Crippen molar-refractivity contribution in [2.24, 2.45) is 5.41 Å². The van der Waals surface area contributed by atoms with Gasteiger partial charge in [-0.2, -0.15) is 0 Å². The highest BCUT2D eigenvalue weighted by molar-refractivity contribution is 5.90. The molecule has 3 N–H and O–H groups in total. The number of rotatable bonds is 3. The van der Waals surface area contributed by atoms with E-state index in [1.165, 1.54) is 0 Å². The molecule has 0 radical (unpaired) electrons. The first kappa shape index (κ1) is 15.0. The van der Waals surface area contributed by atoms with Crippen LogP contribution in [0.25, 0.3) is 0 Å². The zero-order valence-electron chi connectivity index (χ0n) is 12.7. The van der Waals surface area contributed by atoms with Gasteiger partial charge in [0.05, 0.1) is 6.04 Å². The smallest absolute Gasteiger partial charge is 0.341 e. The Morgan fingerprint density at radius 1 is 1.29 bits per heavy atom. The number of nitrogens with one attached hydrogen (secondary N) is 3. The second kappa shape index (κ2) is 5.55. The van der Waals surface area contributed by atoms with E-state index in [1.807, 2.05) is 31.2 Å². The van der Waals surface area contributed by atoms with Gasteiger partial charge in [-0.1, -0.05) is 45.0 Å². The van der Waals surface area contributed by atoms with Crippen molar-refractivity contribution in [2.45, 2.75) is 33.7 Å². The first-order valence-electron chi connectivity index (χ1n) is 6.80. The fourth-order valence-corrected chi connectivity index (χ4v) is 2.25. The average molecular weight is 288 g/mol.